The molecule has 0 saturated carbocycles. The lowest BCUT2D eigenvalue weighted by Crippen LogP contribution is -2.39. The Labute approximate surface area is 110 Å². The molecule has 2 aromatic carbocycles. The van der Waals surface area contributed by atoms with Crippen molar-refractivity contribution in [2.24, 2.45) is 5.73 Å². The van der Waals surface area contributed by atoms with Crippen molar-refractivity contribution >= 4 is 5.91 Å². The maximum absolute atomic E-state index is 11.3. The molecule has 0 radical (unpaired) electrons. The fraction of sp³-hybridized carbons (Fsp3) is 0.133. The maximum atomic E-state index is 11.3. The lowest BCUT2D eigenvalue weighted by atomic mass is 10.0. The Bertz CT molecular complexity index is 585. The number of carbonyl (C=O) groups excluding carboxylic acids is 1. The molecule has 1 aliphatic rings. The quantitative estimate of drug-likeness (QED) is 0.914. The summed E-state index contributed by atoms with van der Waals surface area (Å²) in [6, 6.07) is 16.7. The minimum absolute atomic E-state index is 0.0360. The van der Waals surface area contributed by atoms with Crippen LogP contribution in [0.25, 0.3) is 0 Å². The number of hydrogen-bond acceptors (Lipinski definition) is 3. The fourth-order valence-corrected chi connectivity index (χ4v) is 2.21. The van der Waals surface area contributed by atoms with Gasteiger partial charge in [0.25, 0.3) is 5.79 Å². The molecule has 0 aromatic heterocycles. The van der Waals surface area contributed by atoms with Crippen molar-refractivity contribution in [1.29, 1.82) is 0 Å². The molecule has 0 saturated heterocycles. The molecule has 96 valence electrons. The van der Waals surface area contributed by atoms with Gasteiger partial charge in [0.15, 0.2) is 11.5 Å². The number of carbonyl (C=O) groups is 1. The van der Waals surface area contributed by atoms with E-state index >= 15 is 0 Å². The lowest BCUT2D eigenvalue weighted by molar-refractivity contribution is -0.135. The minimum atomic E-state index is -1.16. The van der Waals surface area contributed by atoms with Gasteiger partial charge in [0.1, 0.15) is 6.42 Å². The monoisotopic (exact) mass is 255 g/mol. The molecule has 0 aliphatic carbocycles. The zero-order valence-electron chi connectivity index (χ0n) is 10.2. The van der Waals surface area contributed by atoms with E-state index in [4.69, 9.17) is 15.2 Å². The number of hydrogen-bond donors (Lipinski definition) is 1. The van der Waals surface area contributed by atoms with Crippen LogP contribution in [0.1, 0.15) is 12.0 Å². The van der Waals surface area contributed by atoms with Gasteiger partial charge < -0.3 is 15.2 Å². The van der Waals surface area contributed by atoms with Gasteiger partial charge in [-0.05, 0) is 12.1 Å². The van der Waals surface area contributed by atoms with Crippen molar-refractivity contribution in [3.05, 3.63) is 60.2 Å². The molecular formula is C15H13NO3. The Morgan fingerprint density at radius 1 is 0.947 bits per heavy atom. The van der Waals surface area contributed by atoms with Gasteiger partial charge in [-0.25, -0.2) is 0 Å². The molecule has 1 aliphatic heterocycles. The van der Waals surface area contributed by atoms with E-state index in [-0.39, 0.29) is 6.42 Å². The first-order chi connectivity index (χ1) is 9.20. The van der Waals surface area contributed by atoms with E-state index in [1.54, 1.807) is 12.1 Å². The number of nitrogens with two attached hydrogens (primary N) is 1. The molecule has 0 bridgehead atoms. The van der Waals surface area contributed by atoms with Crippen LogP contribution in [-0.2, 0) is 10.6 Å². The van der Waals surface area contributed by atoms with Crippen molar-refractivity contribution in [1.82, 2.24) is 0 Å². The van der Waals surface area contributed by atoms with Crippen LogP contribution in [0.3, 0.4) is 0 Å². The first kappa shape index (κ1) is 11.6. The van der Waals surface area contributed by atoms with Crippen molar-refractivity contribution in [2.75, 3.05) is 0 Å². The number of benzene rings is 2. The molecule has 1 amide bonds. The number of rotatable bonds is 3. The molecule has 2 aromatic rings. The third-order valence-corrected chi connectivity index (χ3v) is 3.02. The van der Waals surface area contributed by atoms with Crippen LogP contribution >= 0.6 is 0 Å². The second kappa shape index (κ2) is 4.31. The normalized spacial score (nSPS) is 15.2. The highest BCUT2D eigenvalue weighted by molar-refractivity contribution is 5.75. The topological polar surface area (TPSA) is 61.6 Å². The summed E-state index contributed by atoms with van der Waals surface area (Å²) in [6.07, 6.45) is -0.0360. The van der Waals surface area contributed by atoms with Gasteiger partial charge in [0, 0.05) is 5.56 Å². The predicted octanol–water partition coefficient (Wildman–Crippen LogP) is 2.19. The average Bonchev–Trinajstić information content (AvgIpc) is 2.78. The number of primary amides is 1. The number of ether oxygens (including phenoxy) is 2. The summed E-state index contributed by atoms with van der Waals surface area (Å²) in [7, 11) is 0. The average molecular weight is 255 g/mol. The molecule has 2 N–H and O–H groups in total. The van der Waals surface area contributed by atoms with Crippen LogP contribution in [-0.4, -0.2) is 5.91 Å². The highest BCUT2D eigenvalue weighted by Gasteiger charge is 2.44. The summed E-state index contributed by atoms with van der Waals surface area (Å²) in [5, 5.41) is 0. The van der Waals surface area contributed by atoms with Gasteiger partial charge in [-0.2, -0.15) is 0 Å². The van der Waals surface area contributed by atoms with E-state index in [2.05, 4.69) is 0 Å². The van der Waals surface area contributed by atoms with Crippen molar-refractivity contribution in [3.8, 4) is 11.5 Å². The van der Waals surface area contributed by atoms with Gasteiger partial charge in [0.05, 0.1) is 0 Å². The first-order valence-electron chi connectivity index (χ1n) is 6.00. The van der Waals surface area contributed by atoms with E-state index < -0.39 is 11.7 Å². The van der Waals surface area contributed by atoms with Gasteiger partial charge in [0.2, 0.25) is 5.91 Å². The van der Waals surface area contributed by atoms with Gasteiger partial charge >= 0.3 is 0 Å². The van der Waals surface area contributed by atoms with Crippen LogP contribution in [0.15, 0.2) is 54.6 Å². The Morgan fingerprint density at radius 3 is 2.00 bits per heavy atom. The Kier molecular flexibility index (Phi) is 2.63. The van der Waals surface area contributed by atoms with Gasteiger partial charge in [-0.3, -0.25) is 4.79 Å². The summed E-state index contributed by atoms with van der Waals surface area (Å²) in [4.78, 5) is 11.3. The minimum Gasteiger partial charge on any atom is -0.444 e. The zero-order chi connectivity index (χ0) is 13.3. The standard InChI is InChI=1S/C15H13NO3/c16-14(17)10-15(11-6-2-1-3-7-11)18-12-8-4-5-9-13(12)19-15/h1-9H,10H2,(H2,16,17). The third-order valence-electron chi connectivity index (χ3n) is 3.02. The smallest absolute Gasteiger partial charge is 0.287 e. The molecule has 0 fully saturated rings. The molecule has 3 rings (SSSR count). The molecule has 0 atom stereocenters. The molecule has 19 heavy (non-hydrogen) atoms. The maximum Gasteiger partial charge on any atom is 0.287 e. The van der Waals surface area contributed by atoms with Gasteiger partial charge in [-0.1, -0.05) is 42.5 Å². The van der Waals surface area contributed by atoms with Crippen LogP contribution in [0, 0.1) is 0 Å². The number of amides is 1. The second-order valence-corrected chi connectivity index (χ2v) is 4.41. The summed E-state index contributed by atoms with van der Waals surface area (Å²) in [5.74, 6) is -0.395. The van der Waals surface area contributed by atoms with Crippen molar-refractivity contribution < 1.29 is 14.3 Å². The Hall–Kier alpha value is -2.49. The molecule has 1 heterocycles. The lowest BCUT2D eigenvalue weighted by Gasteiger charge is -2.26. The summed E-state index contributed by atoms with van der Waals surface area (Å²) < 4.78 is 11.7. The van der Waals surface area contributed by atoms with Gasteiger partial charge in [-0.15, -0.1) is 0 Å². The molecule has 4 heteroatoms. The Balaban J connectivity index is 2.04. The van der Waals surface area contributed by atoms with Crippen LogP contribution in [0.5, 0.6) is 11.5 Å². The largest absolute Gasteiger partial charge is 0.444 e. The summed E-state index contributed by atoms with van der Waals surface area (Å²) in [6.45, 7) is 0. The van der Waals surface area contributed by atoms with E-state index in [0.29, 0.717) is 11.5 Å². The highest BCUT2D eigenvalue weighted by atomic mass is 16.7. The fourth-order valence-electron chi connectivity index (χ4n) is 2.21. The van der Waals surface area contributed by atoms with Crippen LogP contribution in [0.2, 0.25) is 0 Å². The molecule has 4 nitrogen and oxygen atoms in total. The molecular weight excluding hydrogens is 242 g/mol. The first-order valence-corrected chi connectivity index (χ1v) is 6.00. The number of para-hydroxylation sites is 2. The predicted molar refractivity (Wildman–Crippen MR) is 69.6 cm³/mol. The number of fused-ring (bicyclic) bond motifs is 1. The zero-order valence-corrected chi connectivity index (χ0v) is 10.2. The van der Waals surface area contributed by atoms with Crippen LogP contribution < -0.4 is 15.2 Å². The van der Waals surface area contributed by atoms with Crippen molar-refractivity contribution in [3.63, 3.8) is 0 Å². The van der Waals surface area contributed by atoms with E-state index in [0.717, 1.165) is 5.56 Å². The summed E-state index contributed by atoms with van der Waals surface area (Å²) in [5.41, 5.74) is 6.10. The van der Waals surface area contributed by atoms with Crippen molar-refractivity contribution in [2.45, 2.75) is 12.2 Å². The Morgan fingerprint density at radius 2 is 1.47 bits per heavy atom. The molecule has 0 spiro atoms. The highest BCUT2D eigenvalue weighted by Crippen LogP contribution is 2.45. The van der Waals surface area contributed by atoms with E-state index in [9.17, 15) is 4.79 Å². The second-order valence-electron chi connectivity index (χ2n) is 4.41. The third kappa shape index (κ3) is 2.01. The SMILES string of the molecule is NC(=O)CC1(c2ccccc2)Oc2ccccc2O1. The molecule has 0 unspecified atom stereocenters. The van der Waals surface area contributed by atoms with E-state index in [1.807, 2.05) is 42.5 Å². The van der Waals surface area contributed by atoms with Crippen LogP contribution in [0.4, 0.5) is 0 Å². The van der Waals surface area contributed by atoms with E-state index in [1.165, 1.54) is 0 Å². The summed E-state index contributed by atoms with van der Waals surface area (Å²) >= 11 is 0.